The standard InChI is InChI=1S/C16H16N4O4S/c21-13(22)8-6-11-14(23)18-16(20-19-11)25-12-7-5-9-3-1-2-4-10(9)17-15(12)24/h1-4,12H,5-8H2,(H,17,24)(H,21,22)(H,18,20,23)/t12-/m1/s1. The Labute approximate surface area is 147 Å². The molecule has 1 amide bonds. The zero-order valence-electron chi connectivity index (χ0n) is 13.2. The lowest BCUT2D eigenvalue weighted by Crippen LogP contribution is -2.25. The van der Waals surface area contributed by atoms with E-state index in [4.69, 9.17) is 5.11 Å². The fourth-order valence-corrected chi connectivity index (χ4v) is 3.44. The monoisotopic (exact) mass is 360 g/mol. The molecule has 0 saturated carbocycles. The first-order valence-electron chi connectivity index (χ1n) is 7.76. The smallest absolute Gasteiger partial charge is 0.303 e. The number of benzene rings is 1. The van der Waals surface area contributed by atoms with Gasteiger partial charge in [-0.05, 0) is 24.5 Å². The quantitative estimate of drug-likeness (QED) is 0.732. The summed E-state index contributed by atoms with van der Waals surface area (Å²) in [6, 6.07) is 7.63. The van der Waals surface area contributed by atoms with Gasteiger partial charge in [0.25, 0.3) is 5.56 Å². The summed E-state index contributed by atoms with van der Waals surface area (Å²) in [4.78, 5) is 37.5. The molecule has 0 aliphatic carbocycles. The number of nitrogens with one attached hydrogen (secondary N) is 2. The Morgan fingerprint density at radius 3 is 2.84 bits per heavy atom. The molecule has 0 bridgehead atoms. The van der Waals surface area contributed by atoms with Crippen molar-refractivity contribution >= 4 is 29.3 Å². The Kier molecular flexibility index (Phi) is 5.13. The van der Waals surface area contributed by atoms with Gasteiger partial charge in [-0.1, -0.05) is 30.0 Å². The van der Waals surface area contributed by atoms with E-state index in [1.807, 2.05) is 24.3 Å². The van der Waals surface area contributed by atoms with Crippen LogP contribution in [0.3, 0.4) is 0 Å². The maximum atomic E-state index is 12.4. The first-order chi connectivity index (χ1) is 12.0. The molecule has 0 spiro atoms. The lowest BCUT2D eigenvalue weighted by Gasteiger charge is -2.11. The predicted octanol–water partition coefficient (Wildman–Crippen LogP) is 1.23. The Balaban J connectivity index is 1.70. The fraction of sp³-hybridized carbons (Fsp3) is 0.312. The van der Waals surface area contributed by atoms with Crippen LogP contribution in [0.1, 0.15) is 24.1 Å². The molecule has 1 aromatic heterocycles. The molecule has 25 heavy (non-hydrogen) atoms. The van der Waals surface area contributed by atoms with Gasteiger partial charge in [-0.15, -0.1) is 10.2 Å². The maximum absolute atomic E-state index is 12.4. The van der Waals surface area contributed by atoms with Gasteiger partial charge in [0.1, 0.15) is 5.69 Å². The topological polar surface area (TPSA) is 125 Å². The van der Waals surface area contributed by atoms with Crippen LogP contribution in [0.15, 0.2) is 34.2 Å². The molecule has 1 aliphatic heterocycles. The van der Waals surface area contributed by atoms with Crippen LogP contribution in [-0.2, 0) is 22.4 Å². The van der Waals surface area contributed by atoms with E-state index in [1.54, 1.807) is 0 Å². The van der Waals surface area contributed by atoms with Gasteiger partial charge >= 0.3 is 5.97 Å². The number of carbonyl (C=O) groups is 2. The summed E-state index contributed by atoms with van der Waals surface area (Å²) >= 11 is 1.15. The summed E-state index contributed by atoms with van der Waals surface area (Å²) in [5, 5.41) is 19.1. The number of aromatic nitrogens is 3. The number of amides is 1. The van der Waals surface area contributed by atoms with Crippen LogP contribution in [0.2, 0.25) is 0 Å². The van der Waals surface area contributed by atoms with Crippen molar-refractivity contribution in [3.05, 3.63) is 45.9 Å². The zero-order valence-corrected chi connectivity index (χ0v) is 14.0. The number of fused-ring (bicyclic) bond motifs is 1. The number of carboxylic acid groups (broad SMARTS) is 1. The van der Waals surface area contributed by atoms with Crippen molar-refractivity contribution in [2.75, 3.05) is 5.32 Å². The van der Waals surface area contributed by atoms with Crippen molar-refractivity contribution < 1.29 is 14.7 Å². The average Bonchev–Trinajstić information content (AvgIpc) is 2.73. The third kappa shape index (κ3) is 4.24. The molecule has 8 nitrogen and oxygen atoms in total. The van der Waals surface area contributed by atoms with Crippen LogP contribution >= 0.6 is 11.8 Å². The van der Waals surface area contributed by atoms with Gasteiger partial charge in [0, 0.05) is 12.1 Å². The number of aromatic amines is 1. The summed E-state index contributed by atoms with van der Waals surface area (Å²) in [7, 11) is 0. The van der Waals surface area contributed by atoms with E-state index in [9.17, 15) is 14.4 Å². The highest BCUT2D eigenvalue weighted by Gasteiger charge is 2.25. The highest BCUT2D eigenvalue weighted by Crippen LogP contribution is 2.29. The molecule has 0 fully saturated rings. The Bertz CT molecular complexity index is 867. The van der Waals surface area contributed by atoms with Gasteiger partial charge in [-0.2, -0.15) is 0 Å². The van der Waals surface area contributed by atoms with Crippen molar-refractivity contribution in [1.82, 2.24) is 15.2 Å². The number of aryl methyl sites for hydroxylation is 2. The van der Waals surface area contributed by atoms with E-state index in [0.717, 1.165) is 29.4 Å². The third-order valence-electron chi connectivity index (χ3n) is 3.82. The summed E-state index contributed by atoms with van der Waals surface area (Å²) < 4.78 is 0. The molecule has 1 atom stereocenters. The number of nitrogens with zero attached hydrogens (tertiary/aromatic N) is 2. The number of aliphatic carboxylic acids is 1. The number of carbonyl (C=O) groups excluding carboxylic acids is 1. The maximum Gasteiger partial charge on any atom is 0.303 e. The molecule has 130 valence electrons. The number of thioether (sulfide) groups is 1. The molecular formula is C16H16N4O4S. The van der Waals surface area contributed by atoms with Crippen LogP contribution in [-0.4, -0.2) is 37.4 Å². The van der Waals surface area contributed by atoms with Crippen LogP contribution in [0.25, 0.3) is 0 Å². The highest BCUT2D eigenvalue weighted by molar-refractivity contribution is 8.00. The van der Waals surface area contributed by atoms with Crippen molar-refractivity contribution in [2.24, 2.45) is 0 Å². The number of hydrogen-bond acceptors (Lipinski definition) is 6. The van der Waals surface area contributed by atoms with Crippen molar-refractivity contribution in [3.8, 4) is 0 Å². The van der Waals surface area contributed by atoms with Crippen LogP contribution in [0.4, 0.5) is 5.69 Å². The van der Waals surface area contributed by atoms with Gasteiger partial charge in [-0.25, -0.2) is 0 Å². The van der Waals surface area contributed by atoms with Gasteiger partial charge < -0.3 is 10.4 Å². The molecule has 9 heteroatoms. The fourth-order valence-electron chi connectivity index (χ4n) is 2.53. The third-order valence-corrected chi connectivity index (χ3v) is 4.96. The normalized spacial score (nSPS) is 16.6. The molecule has 0 radical (unpaired) electrons. The largest absolute Gasteiger partial charge is 0.481 e. The van der Waals surface area contributed by atoms with Crippen molar-refractivity contribution in [1.29, 1.82) is 0 Å². The Morgan fingerprint density at radius 2 is 2.08 bits per heavy atom. The highest BCUT2D eigenvalue weighted by atomic mass is 32.2. The summed E-state index contributed by atoms with van der Waals surface area (Å²) in [6.45, 7) is 0. The molecular weight excluding hydrogens is 344 g/mol. The van der Waals surface area contributed by atoms with Gasteiger partial charge in [0.05, 0.1) is 11.7 Å². The molecule has 3 N–H and O–H groups in total. The number of carboxylic acids is 1. The number of H-pyrrole nitrogens is 1. The summed E-state index contributed by atoms with van der Waals surface area (Å²) in [6.07, 6.45) is 1.17. The molecule has 0 saturated heterocycles. The molecule has 2 heterocycles. The number of rotatable bonds is 5. The molecule has 1 aromatic carbocycles. The van der Waals surface area contributed by atoms with Crippen LogP contribution in [0.5, 0.6) is 0 Å². The van der Waals surface area contributed by atoms with Crippen LogP contribution < -0.4 is 10.9 Å². The summed E-state index contributed by atoms with van der Waals surface area (Å²) in [5.74, 6) is -1.15. The second-order valence-corrected chi connectivity index (χ2v) is 6.78. The van der Waals surface area contributed by atoms with Gasteiger partial charge in [0.15, 0.2) is 5.16 Å². The molecule has 1 aliphatic rings. The first kappa shape index (κ1) is 17.2. The second-order valence-electron chi connectivity index (χ2n) is 5.59. The molecule has 0 unspecified atom stereocenters. The zero-order chi connectivity index (χ0) is 17.8. The SMILES string of the molecule is O=C(O)CCc1nnc(S[C@@H]2CCc3ccccc3NC2=O)[nH]c1=O. The van der Waals surface area contributed by atoms with E-state index in [1.165, 1.54) is 0 Å². The number of hydrogen-bond donors (Lipinski definition) is 3. The Morgan fingerprint density at radius 1 is 1.28 bits per heavy atom. The minimum absolute atomic E-state index is 0.0157. The van der Waals surface area contributed by atoms with Gasteiger partial charge in [0.2, 0.25) is 5.91 Å². The average molecular weight is 360 g/mol. The van der Waals surface area contributed by atoms with Crippen LogP contribution in [0, 0.1) is 0 Å². The lowest BCUT2D eigenvalue weighted by molar-refractivity contribution is -0.137. The number of para-hydroxylation sites is 1. The predicted molar refractivity (Wildman–Crippen MR) is 91.6 cm³/mol. The van der Waals surface area contributed by atoms with E-state index in [0.29, 0.717) is 6.42 Å². The second kappa shape index (κ2) is 7.47. The minimum atomic E-state index is -1.01. The molecule has 3 rings (SSSR count). The Hall–Kier alpha value is -2.68. The van der Waals surface area contributed by atoms with Crippen molar-refractivity contribution in [3.63, 3.8) is 0 Å². The summed E-state index contributed by atoms with van der Waals surface area (Å²) in [5.41, 5.74) is 1.47. The van der Waals surface area contributed by atoms with Gasteiger partial charge in [-0.3, -0.25) is 19.4 Å². The van der Waals surface area contributed by atoms with Crippen molar-refractivity contribution in [2.45, 2.75) is 36.1 Å². The number of anilines is 1. The lowest BCUT2D eigenvalue weighted by atomic mass is 10.1. The van der Waals surface area contributed by atoms with E-state index in [-0.39, 0.29) is 29.6 Å². The minimum Gasteiger partial charge on any atom is -0.481 e. The van der Waals surface area contributed by atoms with E-state index in [2.05, 4.69) is 20.5 Å². The molecule has 2 aromatic rings. The van der Waals surface area contributed by atoms with E-state index >= 15 is 0 Å². The first-order valence-corrected chi connectivity index (χ1v) is 8.64. The van der Waals surface area contributed by atoms with E-state index < -0.39 is 16.8 Å².